The van der Waals surface area contributed by atoms with Crippen molar-refractivity contribution in [2.75, 3.05) is 20.1 Å². The van der Waals surface area contributed by atoms with Crippen molar-refractivity contribution in [1.82, 2.24) is 9.80 Å². The minimum atomic E-state index is -0.607. The van der Waals surface area contributed by atoms with E-state index in [0.29, 0.717) is 18.9 Å². The van der Waals surface area contributed by atoms with Crippen LogP contribution in [0.25, 0.3) is 5.57 Å². The highest BCUT2D eigenvalue weighted by atomic mass is 19.1. The summed E-state index contributed by atoms with van der Waals surface area (Å²) >= 11 is 0. The van der Waals surface area contributed by atoms with Gasteiger partial charge in [-0.25, -0.2) is 9.18 Å². The minimum Gasteiger partial charge on any atom is -0.444 e. The van der Waals surface area contributed by atoms with E-state index in [-0.39, 0.29) is 24.3 Å². The van der Waals surface area contributed by atoms with E-state index in [1.54, 1.807) is 33.9 Å². The minimum absolute atomic E-state index is 0.0201. The molecule has 3 rings (SSSR count). The van der Waals surface area contributed by atoms with Gasteiger partial charge in [0.25, 0.3) is 0 Å². The molecule has 2 amide bonds. The fraction of sp³-hybridized carbons (Fsp3) is 0.583. The fourth-order valence-corrected chi connectivity index (χ4v) is 4.37. The number of ether oxygens (including phenoxy) is 1. The molecule has 1 unspecified atom stereocenters. The molecule has 6 heteroatoms. The van der Waals surface area contributed by atoms with Gasteiger partial charge in [0.05, 0.1) is 6.04 Å². The molecular weight excluding hydrogens is 383 g/mol. The Kier molecular flexibility index (Phi) is 6.25. The van der Waals surface area contributed by atoms with Crippen LogP contribution in [0.5, 0.6) is 0 Å². The number of nitrogens with zero attached hydrogens (tertiary/aromatic N) is 2. The van der Waals surface area contributed by atoms with Crippen LogP contribution in [-0.2, 0) is 16.0 Å². The Hall–Kier alpha value is -2.37. The van der Waals surface area contributed by atoms with Crippen molar-refractivity contribution >= 4 is 17.6 Å². The Bertz CT molecular complexity index is 870. The number of halogens is 1. The summed E-state index contributed by atoms with van der Waals surface area (Å²) < 4.78 is 19.2. The lowest BCUT2D eigenvalue weighted by atomic mass is 9.87. The molecular formula is C24H33FN2O3. The zero-order valence-corrected chi connectivity index (χ0v) is 18.9. The molecule has 0 saturated heterocycles. The molecule has 5 nitrogen and oxygen atoms in total. The number of carbonyl (C=O) groups is 2. The average Bonchev–Trinajstić information content (AvgIpc) is 2.98. The van der Waals surface area contributed by atoms with Crippen molar-refractivity contribution < 1.29 is 18.7 Å². The topological polar surface area (TPSA) is 49.9 Å². The summed E-state index contributed by atoms with van der Waals surface area (Å²) in [7, 11) is 1.59. The molecule has 1 aliphatic carbocycles. The highest BCUT2D eigenvalue weighted by molar-refractivity contribution is 5.86. The van der Waals surface area contributed by atoms with Crippen LogP contribution in [0, 0.1) is 11.7 Å². The van der Waals surface area contributed by atoms with Gasteiger partial charge in [0.1, 0.15) is 18.0 Å². The number of hydrogen-bond donors (Lipinski definition) is 0. The van der Waals surface area contributed by atoms with Gasteiger partial charge >= 0.3 is 6.09 Å². The molecule has 0 bridgehead atoms. The zero-order chi connectivity index (χ0) is 22.2. The van der Waals surface area contributed by atoms with Crippen molar-refractivity contribution in [3.05, 3.63) is 40.7 Å². The lowest BCUT2D eigenvalue weighted by molar-refractivity contribution is -0.134. The molecule has 0 aromatic heterocycles. The first kappa shape index (κ1) is 22.3. The molecule has 0 fully saturated rings. The summed E-state index contributed by atoms with van der Waals surface area (Å²) in [5.41, 5.74) is 3.94. The summed E-state index contributed by atoms with van der Waals surface area (Å²) in [6.45, 7) is 10.3. The van der Waals surface area contributed by atoms with Crippen LogP contribution in [0.3, 0.4) is 0 Å². The van der Waals surface area contributed by atoms with Crippen molar-refractivity contribution in [1.29, 1.82) is 0 Å². The number of rotatable bonds is 4. The van der Waals surface area contributed by atoms with Crippen LogP contribution in [-0.4, -0.2) is 53.6 Å². The van der Waals surface area contributed by atoms with E-state index >= 15 is 0 Å². The summed E-state index contributed by atoms with van der Waals surface area (Å²) in [5.74, 6) is 0.101. The van der Waals surface area contributed by atoms with E-state index in [4.69, 9.17) is 4.74 Å². The zero-order valence-electron chi connectivity index (χ0n) is 18.9. The van der Waals surface area contributed by atoms with Gasteiger partial charge in [-0.05, 0) is 80.4 Å². The lowest BCUT2D eigenvalue weighted by Gasteiger charge is -2.39. The number of carbonyl (C=O) groups excluding carboxylic acids is 2. The standard InChI is InChI=1S/C24H33FN2O3/c1-15(2)11-21-20-12-16-7-8-17(25)13-19(16)18(20)9-10-27(21)22(28)14-26(6)23(29)30-24(3,4)5/h7-8,13,15,21H,9-12,14H2,1-6H3. The summed E-state index contributed by atoms with van der Waals surface area (Å²) in [6, 6.07) is 4.96. The van der Waals surface area contributed by atoms with Gasteiger partial charge in [-0.15, -0.1) is 0 Å². The Morgan fingerprint density at radius 1 is 1.30 bits per heavy atom. The van der Waals surface area contributed by atoms with E-state index < -0.39 is 11.7 Å². The number of fused-ring (bicyclic) bond motifs is 2. The first-order valence-electron chi connectivity index (χ1n) is 10.7. The maximum atomic E-state index is 13.8. The molecule has 1 heterocycles. The van der Waals surface area contributed by atoms with Gasteiger partial charge in [-0.3, -0.25) is 4.79 Å². The molecule has 0 spiro atoms. The van der Waals surface area contributed by atoms with Gasteiger partial charge in [0, 0.05) is 13.6 Å². The Morgan fingerprint density at radius 3 is 2.63 bits per heavy atom. The van der Waals surface area contributed by atoms with Crippen LogP contribution in [0.1, 0.15) is 58.6 Å². The Balaban J connectivity index is 1.80. The highest BCUT2D eigenvalue weighted by Crippen LogP contribution is 2.42. The third-order valence-electron chi connectivity index (χ3n) is 5.64. The second kappa shape index (κ2) is 8.40. The predicted molar refractivity (Wildman–Crippen MR) is 115 cm³/mol. The van der Waals surface area contributed by atoms with Crippen molar-refractivity contribution in [2.24, 2.45) is 5.92 Å². The van der Waals surface area contributed by atoms with Gasteiger partial charge in [-0.2, -0.15) is 0 Å². The van der Waals surface area contributed by atoms with E-state index in [1.807, 2.05) is 11.0 Å². The van der Waals surface area contributed by atoms with Crippen molar-refractivity contribution in [3.63, 3.8) is 0 Å². The largest absolute Gasteiger partial charge is 0.444 e. The first-order chi connectivity index (χ1) is 14.0. The second-order valence-corrected chi connectivity index (χ2v) is 9.80. The SMILES string of the molecule is CC(C)CC1C2=C(CCN1C(=O)CN(C)C(=O)OC(C)(C)C)c1cc(F)ccc1C2. The molecule has 1 aliphatic heterocycles. The van der Waals surface area contributed by atoms with Gasteiger partial charge in [0.2, 0.25) is 5.91 Å². The smallest absolute Gasteiger partial charge is 0.410 e. The van der Waals surface area contributed by atoms with Gasteiger partial charge in [0.15, 0.2) is 0 Å². The maximum absolute atomic E-state index is 13.8. The molecule has 0 saturated carbocycles. The predicted octanol–water partition coefficient (Wildman–Crippen LogP) is 4.65. The molecule has 0 radical (unpaired) electrons. The first-order valence-corrected chi connectivity index (χ1v) is 10.7. The molecule has 1 aromatic carbocycles. The molecule has 1 aromatic rings. The molecule has 164 valence electrons. The van der Waals surface area contributed by atoms with Crippen LogP contribution >= 0.6 is 0 Å². The third-order valence-corrected chi connectivity index (χ3v) is 5.64. The number of hydrogen-bond acceptors (Lipinski definition) is 3. The third kappa shape index (κ3) is 4.85. The van der Waals surface area contributed by atoms with E-state index in [1.165, 1.54) is 22.1 Å². The molecule has 30 heavy (non-hydrogen) atoms. The average molecular weight is 417 g/mol. The van der Waals surface area contributed by atoms with Crippen LogP contribution in [0.2, 0.25) is 0 Å². The summed E-state index contributed by atoms with van der Waals surface area (Å²) in [6.07, 6.45) is 1.81. The van der Waals surface area contributed by atoms with E-state index in [2.05, 4.69) is 13.8 Å². The molecule has 1 atom stereocenters. The lowest BCUT2D eigenvalue weighted by Crippen LogP contribution is -2.50. The quantitative estimate of drug-likeness (QED) is 0.718. The molecule has 2 aliphatic rings. The summed E-state index contributed by atoms with van der Waals surface area (Å²) in [4.78, 5) is 28.7. The fourth-order valence-electron chi connectivity index (χ4n) is 4.37. The van der Waals surface area contributed by atoms with Crippen molar-refractivity contribution in [2.45, 2.75) is 65.5 Å². The number of benzene rings is 1. The van der Waals surface area contributed by atoms with E-state index in [0.717, 1.165) is 24.0 Å². The Morgan fingerprint density at radius 2 is 2.00 bits per heavy atom. The number of likely N-dealkylation sites (N-methyl/N-ethyl adjacent to an activating group) is 1. The van der Waals surface area contributed by atoms with Crippen LogP contribution in [0.15, 0.2) is 23.8 Å². The van der Waals surface area contributed by atoms with Crippen molar-refractivity contribution in [3.8, 4) is 0 Å². The second-order valence-electron chi connectivity index (χ2n) is 9.80. The monoisotopic (exact) mass is 416 g/mol. The Labute approximate surface area is 178 Å². The van der Waals surface area contributed by atoms with Gasteiger partial charge in [-0.1, -0.05) is 19.9 Å². The maximum Gasteiger partial charge on any atom is 0.410 e. The highest BCUT2D eigenvalue weighted by Gasteiger charge is 2.37. The van der Waals surface area contributed by atoms with Gasteiger partial charge < -0.3 is 14.5 Å². The van der Waals surface area contributed by atoms with Crippen LogP contribution in [0.4, 0.5) is 9.18 Å². The molecule has 0 N–H and O–H groups in total. The number of amides is 2. The normalized spacial score (nSPS) is 18.4. The van der Waals surface area contributed by atoms with E-state index in [9.17, 15) is 14.0 Å². The summed E-state index contributed by atoms with van der Waals surface area (Å²) in [5, 5.41) is 0. The van der Waals surface area contributed by atoms with Crippen LogP contribution < -0.4 is 0 Å².